The smallest absolute Gasteiger partial charge is 0.306 e. The van der Waals surface area contributed by atoms with E-state index in [1.165, 1.54) is 135 Å². The molecule has 3 N–H and O–H groups in total. The van der Waals surface area contributed by atoms with Crippen LogP contribution in [0.1, 0.15) is 252 Å². The molecule has 0 fully saturated rings. The molecule has 0 saturated carbocycles. The number of amides is 1. The van der Waals surface area contributed by atoms with Gasteiger partial charge < -0.3 is 20.3 Å². The molecule has 0 aromatic rings. The number of allylic oxidation sites excluding steroid dienone is 10. The Hall–Kier alpha value is -2.44. The fraction of sp³-hybridized carbons (Fsp3) is 0.782. The van der Waals surface area contributed by atoms with Crippen LogP contribution in [0.4, 0.5) is 0 Å². The van der Waals surface area contributed by atoms with Crippen molar-refractivity contribution >= 4 is 11.9 Å². The van der Waals surface area contributed by atoms with Gasteiger partial charge in [-0.05, 0) is 44.9 Å². The van der Waals surface area contributed by atoms with Crippen molar-refractivity contribution in [2.24, 2.45) is 0 Å². The highest BCUT2D eigenvalue weighted by Gasteiger charge is 2.24. The standard InChI is InChI=1S/C55H99NO5/c1-4-7-10-13-16-19-22-24-26-27-29-30-32-35-38-41-44-47-53(58)52(50-57)56-54(59)49-51(46-43-40-37-34-21-18-15-12-9-6-3)61-55(60)48-45-42-39-36-33-31-28-25-23-20-17-14-11-8-5-2/h8,11,14,17,20,23,25,28,31,33,51-53,57-58H,4-7,9-10,12-13,15-16,18-19,21-22,24,26-27,29-30,32,34-50H2,1-3H3,(H,56,59)/b11-8+,17-14+,23-20-,28-25-,33-31+. The van der Waals surface area contributed by atoms with E-state index in [-0.39, 0.29) is 24.9 Å². The van der Waals surface area contributed by atoms with Gasteiger partial charge in [0, 0.05) is 6.42 Å². The maximum absolute atomic E-state index is 13.2. The average Bonchev–Trinajstić information content (AvgIpc) is 3.25. The Labute approximate surface area is 378 Å². The lowest BCUT2D eigenvalue weighted by atomic mass is 10.0. The lowest BCUT2D eigenvalue weighted by molar-refractivity contribution is -0.151. The van der Waals surface area contributed by atoms with Crippen molar-refractivity contribution in [3.63, 3.8) is 0 Å². The molecule has 0 radical (unpaired) electrons. The van der Waals surface area contributed by atoms with E-state index in [0.29, 0.717) is 19.3 Å². The molecule has 0 aliphatic rings. The summed E-state index contributed by atoms with van der Waals surface area (Å²) in [7, 11) is 0. The van der Waals surface area contributed by atoms with Gasteiger partial charge in [-0.25, -0.2) is 0 Å². The zero-order chi connectivity index (χ0) is 44.5. The van der Waals surface area contributed by atoms with Gasteiger partial charge in [0.15, 0.2) is 0 Å². The van der Waals surface area contributed by atoms with Gasteiger partial charge >= 0.3 is 5.97 Å². The largest absolute Gasteiger partial charge is 0.462 e. The second-order valence-corrected chi connectivity index (χ2v) is 17.7. The van der Waals surface area contributed by atoms with Crippen LogP contribution in [0.5, 0.6) is 0 Å². The molecule has 0 rings (SSSR count). The summed E-state index contributed by atoms with van der Waals surface area (Å²) < 4.78 is 5.90. The van der Waals surface area contributed by atoms with Gasteiger partial charge in [-0.1, -0.05) is 255 Å². The number of aliphatic hydroxyl groups excluding tert-OH is 2. The average molecular weight is 854 g/mol. The summed E-state index contributed by atoms with van der Waals surface area (Å²) in [6.45, 7) is 6.33. The van der Waals surface area contributed by atoms with Crippen LogP contribution in [-0.2, 0) is 14.3 Å². The third kappa shape index (κ3) is 44.0. The van der Waals surface area contributed by atoms with Crippen molar-refractivity contribution in [2.45, 2.75) is 270 Å². The first-order valence-corrected chi connectivity index (χ1v) is 26.1. The van der Waals surface area contributed by atoms with Gasteiger partial charge in [0.05, 0.1) is 25.2 Å². The van der Waals surface area contributed by atoms with Crippen LogP contribution in [-0.4, -0.2) is 46.9 Å². The summed E-state index contributed by atoms with van der Waals surface area (Å²) in [5, 5.41) is 23.8. The molecule has 3 atom stereocenters. The summed E-state index contributed by atoms with van der Waals surface area (Å²) in [5.74, 6) is -0.519. The molecule has 0 aliphatic carbocycles. The molecule has 0 saturated heterocycles. The molecule has 354 valence electrons. The summed E-state index contributed by atoms with van der Waals surface area (Å²) in [5.41, 5.74) is 0. The highest BCUT2D eigenvalue weighted by Crippen LogP contribution is 2.18. The Morgan fingerprint density at radius 1 is 0.492 bits per heavy atom. The van der Waals surface area contributed by atoms with Crippen LogP contribution in [0, 0.1) is 0 Å². The number of esters is 1. The molecular weight excluding hydrogens is 755 g/mol. The molecule has 0 aromatic heterocycles. The molecule has 0 aliphatic heterocycles. The van der Waals surface area contributed by atoms with Crippen molar-refractivity contribution in [3.8, 4) is 0 Å². The summed E-state index contributed by atoms with van der Waals surface area (Å²) in [4.78, 5) is 26.1. The minimum absolute atomic E-state index is 0.0607. The number of aliphatic hydroxyl groups is 2. The van der Waals surface area contributed by atoms with Crippen LogP contribution in [0.2, 0.25) is 0 Å². The predicted octanol–water partition coefficient (Wildman–Crippen LogP) is 15.6. The first kappa shape index (κ1) is 58.6. The third-order valence-corrected chi connectivity index (χ3v) is 11.7. The van der Waals surface area contributed by atoms with Crippen LogP contribution >= 0.6 is 0 Å². The van der Waals surface area contributed by atoms with Crippen molar-refractivity contribution in [1.82, 2.24) is 5.32 Å². The zero-order valence-corrected chi connectivity index (χ0v) is 40.3. The van der Waals surface area contributed by atoms with E-state index in [4.69, 9.17) is 4.74 Å². The lowest BCUT2D eigenvalue weighted by Crippen LogP contribution is -2.46. The first-order chi connectivity index (χ1) is 30.0. The van der Waals surface area contributed by atoms with E-state index in [1.807, 2.05) is 36.5 Å². The number of hydrogen-bond acceptors (Lipinski definition) is 5. The van der Waals surface area contributed by atoms with E-state index < -0.39 is 18.2 Å². The van der Waals surface area contributed by atoms with E-state index >= 15 is 0 Å². The van der Waals surface area contributed by atoms with Gasteiger partial charge in [0.2, 0.25) is 5.91 Å². The highest BCUT2D eigenvalue weighted by molar-refractivity contribution is 5.77. The molecule has 0 aromatic carbocycles. The maximum Gasteiger partial charge on any atom is 0.306 e. The van der Waals surface area contributed by atoms with Gasteiger partial charge in [0.25, 0.3) is 0 Å². The van der Waals surface area contributed by atoms with Crippen molar-refractivity contribution in [1.29, 1.82) is 0 Å². The summed E-state index contributed by atoms with van der Waals surface area (Å²) >= 11 is 0. The van der Waals surface area contributed by atoms with Crippen molar-refractivity contribution in [3.05, 3.63) is 60.8 Å². The second kappa shape index (κ2) is 48.6. The van der Waals surface area contributed by atoms with E-state index in [9.17, 15) is 19.8 Å². The molecule has 3 unspecified atom stereocenters. The fourth-order valence-electron chi connectivity index (χ4n) is 7.81. The van der Waals surface area contributed by atoms with Gasteiger partial charge in [-0.2, -0.15) is 0 Å². The van der Waals surface area contributed by atoms with Crippen LogP contribution in [0.3, 0.4) is 0 Å². The van der Waals surface area contributed by atoms with Crippen LogP contribution in [0.15, 0.2) is 60.8 Å². The number of hydrogen-bond donors (Lipinski definition) is 3. The summed E-state index contributed by atoms with van der Waals surface area (Å²) in [6.07, 6.45) is 60.0. The van der Waals surface area contributed by atoms with E-state index in [2.05, 4.69) is 50.4 Å². The number of rotatable bonds is 46. The molecule has 6 heteroatoms. The Bertz CT molecular complexity index is 1090. The zero-order valence-electron chi connectivity index (χ0n) is 40.3. The van der Waals surface area contributed by atoms with E-state index in [0.717, 1.165) is 70.6 Å². The molecular formula is C55H99NO5. The van der Waals surface area contributed by atoms with Crippen molar-refractivity contribution < 1.29 is 24.5 Å². The third-order valence-electron chi connectivity index (χ3n) is 11.7. The normalized spacial score (nSPS) is 13.7. The molecule has 1 amide bonds. The monoisotopic (exact) mass is 854 g/mol. The number of carbonyl (C=O) groups is 2. The first-order valence-electron chi connectivity index (χ1n) is 26.1. The lowest BCUT2D eigenvalue weighted by Gasteiger charge is -2.24. The quantitative estimate of drug-likeness (QED) is 0.0322. The molecule has 6 nitrogen and oxygen atoms in total. The minimum Gasteiger partial charge on any atom is -0.462 e. The number of unbranched alkanes of at least 4 members (excludes halogenated alkanes) is 28. The molecule has 0 heterocycles. The van der Waals surface area contributed by atoms with Gasteiger partial charge in [0.1, 0.15) is 6.10 Å². The fourth-order valence-corrected chi connectivity index (χ4v) is 7.81. The minimum atomic E-state index is -0.795. The number of ether oxygens (including phenoxy) is 1. The Morgan fingerprint density at radius 3 is 1.33 bits per heavy atom. The predicted molar refractivity (Wildman–Crippen MR) is 264 cm³/mol. The SMILES string of the molecule is CC/C=C/C=C/C=C\C=C/C=C/CCCCCC(=O)OC(CCCCCCCCCCCC)CC(=O)NC(CO)C(O)CCCCCCCCCCCCCCCCCCC. The Balaban J connectivity index is 4.52. The second-order valence-electron chi connectivity index (χ2n) is 17.7. The van der Waals surface area contributed by atoms with Crippen molar-refractivity contribution in [2.75, 3.05) is 6.61 Å². The highest BCUT2D eigenvalue weighted by atomic mass is 16.5. The number of nitrogens with one attached hydrogen (secondary N) is 1. The number of carbonyl (C=O) groups excluding carboxylic acids is 2. The summed E-state index contributed by atoms with van der Waals surface area (Å²) in [6, 6.07) is -0.710. The van der Waals surface area contributed by atoms with Gasteiger partial charge in [-0.15, -0.1) is 0 Å². The van der Waals surface area contributed by atoms with Gasteiger partial charge in [-0.3, -0.25) is 9.59 Å². The molecule has 0 bridgehead atoms. The topological polar surface area (TPSA) is 95.9 Å². The Kier molecular flexibility index (Phi) is 46.6. The maximum atomic E-state index is 13.2. The van der Waals surface area contributed by atoms with E-state index in [1.54, 1.807) is 0 Å². The molecule has 61 heavy (non-hydrogen) atoms. The van der Waals surface area contributed by atoms with Crippen LogP contribution in [0.25, 0.3) is 0 Å². The Morgan fingerprint density at radius 2 is 0.885 bits per heavy atom. The molecule has 0 spiro atoms. The van der Waals surface area contributed by atoms with Crippen LogP contribution < -0.4 is 5.32 Å².